The van der Waals surface area contributed by atoms with Crippen molar-refractivity contribution in [2.45, 2.75) is 37.8 Å². The van der Waals surface area contributed by atoms with Gasteiger partial charge in [-0.05, 0) is 43.4 Å². The van der Waals surface area contributed by atoms with Gasteiger partial charge in [-0.2, -0.15) is 0 Å². The fourth-order valence-electron chi connectivity index (χ4n) is 4.69. The molecule has 2 amide bonds. The van der Waals surface area contributed by atoms with Gasteiger partial charge in [0.15, 0.2) is 0 Å². The first-order chi connectivity index (χ1) is 13.2. The van der Waals surface area contributed by atoms with Crippen LogP contribution in [0, 0.1) is 5.92 Å². The molecule has 3 atom stereocenters. The number of ether oxygens (including phenoxy) is 1. The predicted molar refractivity (Wildman–Crippen MR) is 98.3 cm³/mol. The van der Waals surface area contributed by atoms with Gasteiger partial charge in [-0.1, -0.05) is 0 Å². The highest BCUT2D eigenvalue weighted by Gasteiger charge is 2.43. The summed E-state index contributed by atoms with van der Waals surface area (Å²) in [5.41, 5.74) is 1.45. The Bertz CT molecular complexity index is 873. The molecule has 3 unspecified atom stereocenters. The van der Waals surface area contributed by atoms with Gasteiger partial charge in [-0.15, -0.1) is 0 Å². The SMILES string of the molecule is O=C(CC1CCOC1)N1CC2CCC1CN2C(=O)c1cc2cccn2cn1. The van der Waals surface area contributed by atoms with Gasteiger partial charge in [0, 0.05) is 56.5 Å². The first-order valence-electron chi connectivity index (χ1n) is 9.80. The lowest BCUT2D eigenvalue weighted by atomic mass is 9.89. The minimum absolute atomic E-state index is 0.0234. The Balaban J connectivity index is 1.29. The van der Waals surface area contributed by atoms with Gasteiger partial charge in [-0.25, -0.2) is 4.98 Å². The van der Waals surface area contributed by atoms with Crippen LogP contribution in [0.15, 0.2) is 30.7 Å². The maximum absolute atomic E-state index is 13.0. The van der Waals surface area contributed by atoms with Crippen molar-refractivity contribution in [1.82, 2.24) is 19.2 Å². The van der Waals surface area contributed by atoms with Crippen molar-refractivity contribution in [3.8, 4) is 0 Å². The van der Waals surface area contributed by atoms with Crippen LogP contribution < -0.4 is 0 Å². The summed E-state index contributed by atoms with van der Waals surface area (Å²) in [6.07, 6.45) is 7.09. The molecule has 0 aliphatic carbocycles. The maximum atomic E-state index is 13.0. The van der Waals surface area contributed by atoms with Crippen LogP contribution in [0.3, 0.4) is 0 Å². The number of carbonyl (C=O) groups excluding carboxylic acids is 2. The zero-order chi connectivity index (χ0) is 18.4. The molecular formula is C20H24N4O3. The summed E-state index contributed by atoms with van der Waals surface area (Å²) in [5, 5.41) is 0. The molecule has 4 fully saturated rings. The molecule has 142 valence electrons. The standard InChI is InChI=1S/C20H24N4O3/c25-19(8-14-5-7-27-12-14)23-10-17-4-3-16(23)11-24(17)20(26)18-9-15-2-1-6-22(15)13-21-18/h1-2,6,9,13-14,16-17H,3-5,7-8,10-12H2. The fourth-order valence-corrected chi connectivity index (χ4v) is 4.69. The van der Waals surface area contributed by atoms with Crippen LogP contribution in [0.2, 0.25) is 0 Å². The molecule has 7 heteroatoms. The van der Waals surface area contributed by atoms with Crippen LogP contribution in [0.5, 0.6) is 0 Å². The number of hydrogen-bond acceptors (Lipinski definition) is 4. The molecule has 2 aromatic rings. The highest BCUT2D eigenvalue weighted by atomic mass is 16.5. The molecule has 6 rings (SSSR count). The van der Waals surface area contributed by atoms with Crippen LogP contribution in [-0.4, -0.2) is 69.4 Å². The zero-order valence-electron chi connectivity index (χ0n) is 15.3. The Labute approximate surface area is 157 Å². The number of fused-ring (bicyclic) bond motifs is 4. The Morgan fingerprint density at radius 3 is 2.70 bits per heavy atom. The van der Waals surface area contributed by atoms with Crippen molar-refractivity contribution >= 4 is 17.3 Å². The summed E-state index contributed by atoms with van der Waals surface area (Å²) in [6.45, 7) is 2.73. The van der Waals surface area contributed by atoms with Gasteiger partial charge in [0.05, 0.1) is 6.33 Å². The third-order valence-electron chi connectivity index (χ3n) is 6.23. The highest BCUT2D eigenvalue weighted by molar-refractivity contribution is 5.94. The topological polar surface area (TPSA) is 67.2 Å². The van der Waals surface area contributed by atoms with Gasteiger partial charge in [0.1, 0.15) is 5.69 Å². The van der Waals surface area contributed by atoms with E-state index in [-0.39, 0.29) is 23.9 Å². The minimum Gasteiger partial charge on any atom is -0.381 e. The van der Waals surface area contributed by atoms with E-state index in [4.69, 9.17) is 4.74 Å². The van der Waals surface area contributed by atoms with E-state index in [1.165, 1.54) is 0 Å². The van der Waals surface area contributed by atoms with Crippen molar-refractivity contribution in [1.29, 1.82) is 0 Å². The lowest BCUT2D eigenvalue weighted by molar-refractivity contribution is -0.141. The molecular weight excluding hydrogens is 344 g/mol. The van der Waals surface area contributed by atoms with E-state index in [1.54, 1.807) is 6.33 Å². The summed E-state index contributed by atoms with van der Waals surface area (Å²) in [7, 11) is 0. The fraction of sp³-hybridized carbons (Fsp3) is 0.550. The van der Waals surface area contributed by atoms with Gasteiger partial charge < -0.3 is 18.9 Å². The second-order valence-electron chi connectivity index (χ2n) is 7.94. The summed E-state index contributed by atoms with van der Waals surface area (Å²) in [5.74, 6) is 0.554. The normalized spacial score (nSPS) is 27.5. The van der Waals surface area contributed by atoms with Crippen molar-refractivity contribution in [3.05, 3.63) is 36.4 Å². The average molecular weight is 368 g/mol. The first kappa shape index (κ1) is 16.7. The van der Waals surface area contributed by atoms with E-state index in [2.05, 4.69) is 4.98 Å². The van der Waals surface area contributed by atoms with Gasteiger partial charge in [0.2, 0.25) is 5.91 Å². The number of nitrogens with zero attached hydrogens (tertiary/aromatic N) is 4. The lowest BCUT2D eigenvalue weighted by Gasteiger charge is -2.51. The van der Waals surface area contributed by atoms with Gasteiger partial charge in [0.25, 0.3) is 5.91 Å². The lowest BCUT2D eigenvalue weighted by Crippen LogP contribution is -2.65. The van der Waals surface area contributed by atoms with Crippen LogP contribution in [0.25, 0.3) is 5.52 Å². The summed E-state index contributed by atoms with van der Waals surface area (Å²) < 4.78 is 7.29. The third kappa shape index (κ3) is 3.00. The summed E-state index contributed by atoms with van der Waals surface area (Å²) in [6, 6.07) is 5.97. The smallest absolute Gasteiger partial charge is 0.272 e. The monoisotopic (exact) mass is 368 g/mol. The number of carbonyl (C=O) groups is 2. The summed E-state index contributed by atoms with van der Waals surface area (Å²) >= 11 is 0. The minimum atomic E-state index is -0.0234. The second kappa shape index (κ2) is 6.64. The van der Waals surface area contributed by atoms with E-state index < -0.39 is 0 Å². The van der Waals surface area contributed by atoms with E-state index in [1.807, 2.05) is 38.6 Å². The van der Waals surface area contributed by atoms with Gasteiger partial charge in [-0.3, -0.25) is 9.59 Å². The van der Waals surface area contributed by atoms with E-state index in [0.29, 0.717) is 37.7 Å². The number of amides is 2. The van der Waals surface area contributed by atoms with Crippen molar-refractivity contribution < 1.29 is 14.3 Å². The largest absolute Gasteiger partial charge is 0.381 e. The van der Waals surface area contributed by atoms with Crippen molar-refractivity contribution in [2.75, 3.05) is 26.3 Å². The quantitative estimate of drug-likeness (QED) is 0.825. The summed E-state index contributed by atoms with van der Waals surface area (Å²) in [4.78, 5) is 34.1. The van der Waals surface area contributed by atoms with Crippen molar-refractivity contribution in [3.63, 3.8) is 0 Å². The molecule has 4 aliphatic heterocycles. The third-order valence-corrected chi connectivity index (χ3v) is 6.23. The predicted octanol–water partition coefficient (Wildman–Crippen LogP) is 1.58. The molecule has 6 heterocycles. The van der Waals surface area contributed by atoms with Gasteiger partial charge >= 0.3 is 0 Å². The maximum Gasteiger partial charge on any atom is 0.272 e. The highest BCUT2D eigenvalue weighted by Crippen LogP contribution is 2.31. The molecule has 0 saturated carbocycles. The van der Waals surface area contributed by atoms with E-state index in [9.17, 15) is 9.59 Å². The van der Waals surface area contributed by atoms with Crippen LogP contribution in [-0.2, 0) is 9.53 Å². The number of hydrogen-bond donors (Lipinski definition) is 0. The Morgan fingerprint density at radius 1 is 1.15 bits per heavy atom. The Kier molecular flexibility index (Phi) is 4.11. The van der Waals surface area contributed by atoms with Crippen LogP contribution in [0.4, 0.5) is 0 Å². The number of rotatable bonds is 3. The average Bonchev–Trinajstić information content (AvgIpc) is 3.38. The molecule has 2 bridgehead atoms. The first-order valence-corrected chi connectivity index (χ1v) is 9.80. The second-order valence-corrected chi connectivity index (χ2v) is 7.94. The molecule has 27 heavy (non-hydrogen) atoms. The molecule has 0 N–H and O–H groups in total. The molecule has 4 saturated heterocycles. The zero-order valence-corrected chi connectivity index (χ0v) is 15.3. The molecule has 2 aromatic heterocycles. The van der Waals surface area contributed by atoms with E-state index >= 15 is 0 Å². The number of aromatic nitrogens is 2. The number of piperazine rings is 1. The van der Waals surface area contributed by atoms with Crippen molar-refractivity contribution in [2.24, 2.45) is 5.92 Å². The molecule has 0 radical (unpaired) electrons. The van der Waals surface area contributed by atoms with Crippen LogP contribution >= 0.6 is 0 Å². The number of piperidine rings is 2. The van der Waals surface area contributed by atoms with Crippen LogP contribution in [0.1, 0.15) is 36.2 Å². The molecule has 4 aliphatic rings. The Morgan fingerprint density at radius 2 is 1.96 bits per heavy atom. The molecule has 0 aromatic carbocycles. The Hall–Kier alpha value is -2.41. The molecule has 0 spiro atoms. The molecule has 7 nitrogen and oxygen atoms in total. The van der Waals surface area contributed by atoms with E-state index in [0.717, 1.165) is 31.4 Å².